The topological polar surface area (TPSA) is 51.5 Å². The van der Waals surface area contributed by atoms with E-state index in [4.69, 9.17) is 4.74 Å². The zero-order valence-electron chi connectivity index (χ0n) is 12.8. The van der Waals surface area contributed by atoms with Gasteiger partial charge in [0.2, 0.25) is 0 Å². The van der Waals surface area contributed by atoms with E-state index in [1.54, 1.807) is 26.2 Å². The Labute approximate surface area is 128 Å². The van der Waals surface area contributed by atoms with Crippen LogP contribution in [0.4, 0.5) is 0 Å². The number of carbonyl (C=O) groups excluding carboxylic acids is 1. The third-order valence-electron chi connectivity index (χ3n) is 3.87. The van der Waals surface area contributed by atoms with Gasteiger partial charge in [0.15, 0.2) is 5.78 Å². The Bertz CT molecular complexity index is 860. The van der Waals surface area contributed by atoms with E-state index < -0.39 is 0 Å². The Hall–Kier alpha value is -2.75. The van der Waals surface area contributed by atoms with E-state index in [0.29, 0.717) is 5.56 Å². The fraction of sp³-hybridized carbons (Fsp3) is 0.167. The fourth-order valence-electron chi connectivity index (χ4n) is 2.90. The molecule has 0 bridgehead atoms. The van der Waals surface area contributed by atoms with Gasteiger partial charge in [-0.25, -0.2) is 0 Å². The number of ether oxygens (including phenoxy) is 1. The highest BCUT2D eigenvalue weighted by Crippen LogP contribution is 2.32. The van der Waals surface area contributed by atoms with Crippen LogP contribution in [0.25, 0.3) is 16.6 Å². The standard InChI is InChI=1S/C18H17NO3/c1-11-18(12(2)20)16-9-8-15(22-3)10-17(16)19(11)13-4-6-14(21)7-5-13/h4-10,21H,1-3H3. The first-order valence-corrected chi connectivity index (χ1v) is 7.02. The number of hydrogen-bond acceptors (Lipinski definition) is 3. The number of ketones is 1. The second-order valence-corrected chi connectivity index (χ2v) is 5.25. The van der Waals surface area contributed by atoms with Gasteiger partial charge in [-0.15, -0.1) is 0 Å². The monoisotopic (exact) mass is 295 g/mol. The van der Waals surface area contributed by atoms with Gasteiger partial charge in [0.1, 0.15) is 11.5 Å². The number of aromatic nitrogens is 1. The van der Waals surface area contributed by atoms with Crippen molar-refractivity contribution >= 4 is 16.7 Å². The van der Waals surface area contributed by atoms with Crippen LogP contribution >= 0.6 is 0 Å². The molecular formula is C18H17NO3. The van der Waals surface area contributed by atoms with E-state index in [0.717, 1.165) is 28.0 Å². The fourth-order valence-corrected chi connectivity index (χ4v) is 2.90. The van der Waals surface area contributed by atoms with Crippen molar-refractivity contribution in [2.75, 3.05) is 7.11 Å². The molecule has 1 heterocycles. The highest BCUT2D eigenvalue weighted by molar-refractivity contribution is 6.09. The molecule has 0 aliphatic heterocycles. The van der Waals surface area contributed by atoms with Gasteiger partial charge in [-0.2, -0.15) is 0 Å². The quantitative estimate of drug-likeness (QED) is 0.747. The molecule has 0 aliphatic carbocycles. The molecule has 0 amide bonds. The zero-order valence-corrected chi connectivity index (χ0v) is 12.8. The number of rotatable bonds is 3. The number of nitrogens with zero attached hydrogens (tertiary/aromatic N) is 1. The molecule has 4 heteroatoms. The lowest BCUT2D eigenvalue weighted by atomic mass is 10.1. The summed E-state index contributed by atoms with van der Waals surface area (Å²) in [5, 5.41) is 10.4. The predicted molar refractivity (Wildman–Crippen MR) is 86.2 cm³/mol. The molecule has 0 radical (unpaired) electrons. The number of methoxy groups -OCH3 is 1. The van der Waals surface area contributed by atoms with Gasteiger partial charge in [-0.1, -0.05) is 0 Å². The first-order chi connectivity index (χ1) is 10.5. The molecule has 0 saturated heterocycles. The van der Waals surface area contributed by atoms with Crippen molar-refractivity contribution in [2.24, 2.45) is 0 Å². The predicted octanol–water partition coefficient (Wildman–Crippen LogP) is 3.86. The lowest BCUT2D eigenvalue weighted by molar-refractivity contribution is 0.101. The van der Waals surface area contributed by atoms with Gasteiger partial charge in [0.05, 0.1) is 12.6 Å². The van der Waals surface area contributed by atoms with E-state index in [2.05, 4.69) is 0 Å². The summed E-state index contributed by atoms with van der Waals surface area (Å²) >= 11 is 0. The van der Waals surface area contributed by atoms with Crippen LogP contribution in [0.2, 0.25) is 0 Å². The molecule has 112 valence electrons. The lowest BCUT2D eigenvalue weighted by Gasteiger charge is -2.09. The van der Waals surface area contributed by atoms with Crippen molar-refractivity contribution in [2.45, 2.75) is 13.8 Å². The Balaban J connectivity index is 2.39. The van der Waals surface area contributed by atoms with Crippen LogP contribution in [0.15, 0.2) is 42.5 Å². The third kappa shape index (κ3) is 2.13. The third-order valence-corrected chi connectivity index (χ3v) is 3.87. The van der Waals surface area contributed by atoms with Crippen LogP contribution in [-0.4, -0.2) is 22.6 Å². The summed E-state index contributed by atoms with van der Waals surface area (Å²) in [5.74, 6) is 0.979. The summed E-state index contributed by atoms with van der Waals surface area (Å²) in [6.07, 6.45) is 0. The first-order valence-electron chi connectivity index (χ1n) is 7.02. The largest absolute Gasteiger partial charge is 0.508 e. The molecule has 0 atom stereocenters. The number of fused-ring (bicyclic) bond motifs is 1. The maximum absolute atomic E-state index is 12.0. The summed E-state index contributed by atoms with van der Waals surface area (Å²) in [6, 6.07) is 12.6. The van der Waals surface area contributed by atoms with Crippen molar-refractivity contribution in [3.63, 3.8) is 0 Å². The summed E-state index contributed by atoms with van der Waals surface area (Å²) in [4.78, 5) is 12.0. The van der Waals surface area contributed by atoms with Crippen LogP contribution < -0.4 is 4.74 Å². The number of aromatic hydroxyl groups is 1. The van der Waals surface area contributed by atoms with Crippen LogP contribution in [-0.2, 0) is 0 Å². The van der Waals surface area contributed by atoms with Gasteiger partial charge in [-0.3, -0.25) is 4.79 Å². The van der Waals surface area contributed by atoms with E-state index in [-0.39, 0.29) is 11.5 Å². The zero-order chi connectivity index (χ0) is 15.9. The van der Waals surface area contributed by atoms with Crippen molar-refractivity contribution in [1.82, 2.24) is 4.57 Å². The maximum atomic E-state index is 12.0. The second kappa shape index (κ2) is 5.22. The summed E-state index contributed by atoms with van der Waals surface area (Å²) < 4.78 is 7.31. The number of carbonyl (C=O) groups is 1. The number of benzene rings is 2. The molecule has 0 aliphatic rings. The highest BCUT2D eigenvalue weighted by atomic mass is 16.5. The van der Waals surface area contributed by atoms with Crippen LogP contribution in [0.3, 0.4) is 0 Å². The van der Waals surface area contributed by atoms with Gasteiger partial charge in [-0.05, 0) is 50.2 Å². The Kier molecular flexibility index (Phi) is 3.37. The number of phenols is 1. The minimum atomic E-state index is 0.0326. The normalized spacial score (nSPS) is 10.9. The molecule has 0 unspecified atom stereocenters. The molecule has 1 aromatic heterocycles. The molecule has 4 nitrogen and oxygen atoms in total. The molecule has 22 heavy (non-hydrogen) atoms. The Morgan fingerprint density at radius 3 is 2.41 bits per heavy atom. The molecule has 0 spiro atoms. The SMILES string of the molecule is COc1ccc2c(C(C)=O)c(C)n(-c3ccc(O)cc3)c2c1. The van der Waals surface area contributed by atoms with Crippen LogP contribution in [0, 0.1) is 6.92 Å². The molecule has 3 aromatic rings. The minimum Gasteiger partial charge on any atom is -0.508 e. The molecule has 0 fully saturated rings. The van der Waals surface area contributed by atoms with E-state index in [1.807, 2.05) is 41.8 Å². The summed E-state index contributed by atoms with van der Waals surface area (Å²) in [7, 11) is 1.62. The molecule has 1 N–H and O–H groups in total. The van der Waals surface area contributed by atoms with Gasteiger partial charge >= 0.3 is 0 Å². The maximum Gasteiger partial charge on any atom is 0.162 e. The van der Waals surface area contributed by atoms with Crippen molar-refractivity contribution in [1.29, 1.82) is 0 Å². The number of Topliss-reactive ketones (excluding diaryl/α,β-unsaturated/α-hetero) is 1. The molecular weight excluding hydrogens is 278 g/mol. The molecule has 2 aromatic carbocycles. The van der Waals surface area contributed by atoms with E-state index >= 15 is 0 Å². The first kappa shape index (κ1) is 14.2. The second-order valence-electron chi connectivity index (χ2n) is 5.25. The average Bonchev–Trinajstić information content (AvgIpc) is 2.79. The summed E-state index contributed by atoms with van der Waals surface area (Å²) in [5.41, 5.74) is 3.39. The van der Waals surface area contributed by atoms with Crippen molar-refractivity contribution in [3.05, 3.63) is 53.7 Å². The smallest absolute Gasteiger partial charge is 0.162 e. The molecule has 0 saturated carbocycles. The average molecular weight is 295 g/mol. The van der Waals surface area contributed by atoms with Crippen LogP contribution in [0.5, 0.6) is 11.5 Å². The number of hydrogen-bond donors (Lipinski definition) is 1. The number of phenolic OH excluding ortho intramolecular Hbond substituents is 1. The summed E-state index contributed by atoms with van der Waals surface area (Å²) in [6.45, 7) is 3.50. The molecule has 3 rings (SSSR count). The highest BCUT2D eigenvalue weighted by Gasteiger charge is 2.18. The van der Waals surface area contributed by atoms with E-state index in [1.165, 1.54) is 0 Å². The van der Waals surface area contributed by atoms with Gasteiger partial charge < -0.3 is 14.4 Å². The van der Waals surface area contributed by atoms with Gasteiger partial charge in [0.25, 0.3) is 0 Å². The van der Waals surface area contributed by atoms with Crippen LogP contribution in [0.1, 0.15) is 23.0 Å². The Morgan fingerprint density at radius 1 is 1.14 bits per heavy atom. The Morgan fingerprint density at radius 2 is 1.82 bits per heavy atom. The van der Waals surface area contributed by atoms with Gasteiger partial charge in [0, 0.05) is 28.4 Å². The van der Waals surface area contributed by atoms with Crippen molar-refractivity contribution < 1.29 is 14.6 Å². The van der Waals surface area contributed by atoms with E-state index in [9.17, 15) is 9.90 Å². The lowest BCUT2D eigenvalue weighted by Crippen LogP contribution is -1.99. The minimum absolute atomic E-state index is 0.0326. The van der Waals surface area contributed by atoms with Crippen molar-refractivity contribution in [3.8, 4) is 17.2 Å².